The predicted molar refractivity (Wildman–Crippen MR) is 149 cm³/mol. The Kier molecular flexibility index (Phi) is 8.85. The molecule has 0 atom stereocenters. The van der Waals surface area contributed by atoms with Crippen molar-refractivity contribution < 1.29 is 9.13 Å². The van der Waals surface area contributed by atoms with Crippen LogP contribution in [0.3, 0.4) is 0 Å². The summed E-state index contributed by atoms with van der Waals surface area (Å²) < 4.78 is 20.0. The van der Waals surface area contributed by atoms with Gasteiger partial charge < -0.3 is 4.74 Å². The molecule has 0 saturated carbocycles. The molecule has 4 rings (SSSR count). The molecule has 0 spiro atoms. The Morgan fingerprint density at radius 3 is 2.81 bits per heavy atom. The first-order chi connectivity index (χ1) is 17.5. The van der Waals surface area contributed by atoms with E-state index in [1.807, 2.05) is 37.4 Å². The van der Waals surface area contributed by atoms with Crippen molar-refractivity contribution in [2.75, 3.05) is 0 Å². The quantitative estimate of drug-likeness (QED) is 0.217. The number of unbranched alkanes of at least 4 members (excludes halogenated alkanes) is 2. The van der Waals surface area contributed by atoms with E-state index in [1.165, 1.54) is 6.07 Å². The lowest BCUT2D eigenvalue weighted by atomic mass is 9.95. The molecule has 0 bridgehead atoms. The van der Waals surface area contributed by atoms with Crippen LogP contribution in [0.15, 0.2) is 84.0 Å². The highest BCUT2D eigenvalue weighted by Crippen LogP contribution is 2.34. The van der Waals surface area contributed by atoms with E-state index in [4.69, 9.17) is 16.3 Å². The van der Waals surface area contributed by atoms with E-state index in [9.17, 15) is 4.39 Å². The molecule has 1 aromatic heterocycles. The highest BCUT2D eigenvalue weighted by atomic mass is 35.5. The summed E-state index contributed by atoms with van der Waals surface area (Å²) in [5.41, 5.74) is 5.79. The van der Waals surface area contributed by atoms with Crippen LogP contribution in [0.1, 0.15) is 55.0 Å². The number of pyridine rings is 1. The zero-order valence-corrected chi connectivity index (χ0v) is 21.4. The third-order valence-corrected chi connectivity index (χ3v) is 6.21. The number of allylic oxidation sites excluding steroid dienone is 5. The second kappa shape index (κ2) is 12.5. The van der Waals surface area contributed by atoms with Crippen molar-refractivity contribution in [1.82, 2.24) is 4.98 Å². The minimum atomic E-state index is -0.411. The second-order valence-corrected chi connectivity index (χ2v) is 9.18. The average Bonchev–Trinajstić information content (AvgIpc) is 3.08. The Morgan fingerprint density at radius 2 is 2.03 bits per heavy atom. The van der Waals surface area contributed by atoms with Crippen molar-refractivity contribution in [3.63, 3.8) is 0 Å². The van der Waals surface area contributed by atoms with Gasteiger partial charge in [0.2, 0.25) is 0 Å². The summed E-state index contributed by atoms with van der Waals surface area (Å²) in [6.07, 6.45) is 16.7. The molecular weight excluding hydrogens is 471 g/mol. The molecule has 0 fully saturated rings. The molecule has 0 amide bonds. The molecule has 0 saturated heterocycles. The molecule has 2 aromatic carbocycles. The summed E-state index contributed by atoms with van der Waals surface area (Å²) in [5, 5.41) is 0.131. The summed E-state index contributed by atoms with van der Waals surface area (Å²) >= 11 is 6.07. The number of fused-ring (bicyclic) bond motifs is 1. The summed E-state index contributed by atoms with van der Waals surface area (Å²) in [4.78, 5) is 8.98. The van der Waals surface area contributed by atoms with Gasteiger partial charge in [-0.05, 0) is 78.9 Å². The highest BCUT2D eigenvalue weighted by Gasteiger charge is 2.15. The van der Waals surface area contributed by atoms with Crippen LogP contribution in [-0.4, -0.2) is 11.2 Å². The maximum atomic E-state index is 13.8. The Labute approximate surface area is 217 Å². The molecule has 0 N–H and O–H groups in total. The Bertz CT molecular complexity index is 1320. The molecule has 0 unspecified atom stereocenters. The van der Waals surface area contributed by atoms with Gasteiger partial charge in [-0.3, -0.25) is 9.98 Å². The summed E-state index contributed by atoms with van der Waals surface area (Å²) in [7, 11) is 0. The van der Waals surface area contributed by atoms with Crippen LogP contribution in [0.5, 0.6) is 5.75 Å². The lowest BCUT2D eigenvalue weighted by molar-refractivity contribution is 0.511. The van der Waals surface area contributed by atoms with Crippen LogP contribution in [0.4, 0.5) is 10.1 Å². The van der Waals surface area contributed by atoms with Gasteiger partial charge in [0.05, 0.1) is 16.9 Å². The number of halogens is 2. The standard InChI is InChI=1S/C31H30ClFN2O/c1-3-4-5-6-7-9-24(18-23-12-15-29(33)28(32)19-23)25-13-16-30-27(20-25)31(10-8-17-34-30)36-26-14-11-22(2)35-21-26/h6-7,9-17,19-21H,3-5,8,18H2,1-2H3. The Morgan fingerprint density at radius 1 is 1.14 bits per heavy atom. The van der Waals surface area contributed by atoms with Crippen molar-refractivity contribution >= 4 is 34.8 Å². The van der Waals surface area contributed by atoms with Gasteiger partial charge in [0.15, 0.2) is 0 Å². The van der Waals surface area contributed by atoms with Crippen molar-refractivity contribution in [2.45, 2.75) is 46.0 Å². The second-order valence-electron chi connectivity index (χ2n) is 8.77. The van der Waals surface area contributed by atoms with Crippen LogP contribution in [-0.2, 0) is 6.42 Å². The van der Waals surface area contributed by atoms with Gasteiger partial charge in [-0.25, -0.2) is 4.39 Å². The van der Waals surface area contributed by atoms with Crippen LogP contribution >= 0.6 is 11.6 Å². The molecule has 0 aliphatic carbocycles. The number of rotatable bonds is 9. The number of nitrogens with zero attached hydrogens (tertiary/aromatic N) is 2. The Balaban J connectivity index is 1.69. The van der Waals surface area contributed by atoms with Crippen molar-refractivity contribution in [2.24, 2.45) is 4.99 Å². The molecule has 3 nitrogen and oxygen atoms in total. The van der Waals surface area contributed by atoms with Crippen molar-refractivity contribution in [3.8, 4) is 5.75 Å². The molecule has 1 aliphatic rings. The Hall–Kier alpha value is -3.50. The van der Waals surface area contributed by atoms with Crippen LogP contribution in [0, 0.1) is 12.7 Å². The predicted octanol–water partition coefficient (Wildman–Crippen LogP) is 9.08. The van der Waals surface area contributed by atoms with E-state index in [1.54, 1.807) is 18.3 Å². The molecule has 184 valence electrons. The van der Waals surface area contributed by atoms with E-state index in [-0.39, 0.29) is 5.02 Å². The zero-order valence-electron chi connectivity index (χ0n) is 20.7. The number of hydrogen-bond donors (Lipinski definition) is 0. The van der Waals surface area contributed by atoms with E-state index in [0.29, 0.717) is 18.6 Å². The van der Waals surface area contributed by atoms with E-state index in [2.05, 4.69) is 47.3 Å². The topological polar surface area (TPSA) is 34.5 Å². The number of hydrogen-bond acceptors (Lipinski definition) is 3. The normalized spacial score (nSPS) is 13.4. The minimum Gasteiger partial charge on any atom is -0.455 e. The lowest BCUT2D eigenvalue weighted by Crippen LogP contribution is -1.98. The summed E-state index contributed by atoms with van der Waals surface area (Å²) in [6, 6.07) is 14.9. The molecule has 3 aromatic rings. The van der Waals surface area contributed by atoms with Gasteiger partial charge in [-0.2, -0.15) is 0 Å². The van der Waals surface area contributed by atoms with Gasteiger partial charge in [-0.15, -0.1) is 0 Å². The number of aryl methyl sites for hydroxylation is 1. The average molecular weight is 501 g/mol. The fourth-order valence-electron chi connectivity index (χ4n) is 3.93. The molecule has 36 heavy (non-hydrogen) atoms. The van der Waals surface area contributed by atoms with E-state index >= 15 is 0 Å². The summed E-state index contributed by atoms with van der Waals surface area (Å²) in [5.74, 6) is 1.02. The molecule has 1 aliphatic heterocycles. The van der Waals surface area contributed by atoms with Crippen molar-refractivity contribution in [1.29, 1.82) is 0 Å². The smallest absolute Gasteiger partial charge is 0.145 e. The third-order valence-electron chi connectivity index (χ3n) is 5.92. The number of aliphatic imine (C=N–C) groups is 1. The van der Waals surface area contributed by atoms with Gasteiger partial charge in [-0.1, -0.05) is 61.7 Å². The summed E-state index contributed by atoms with van der Waals surface area (Å²) in [6.45, 7) is 4.13. The number of aromatic nitrogens is 1. The van der Waals surface area contributed by atoms with E-state index in [0.717, 1.165) is 58.7 Å². The number of ether oxygens (including phenoxy) is 1. The minimum absolute atomic E-state index is 0.131. The first-order valence-electron chi connectivity index (χ1n) is 12.3. The molecule has 5 heteroatoms. The first-order valence-corrected chi connectivity index (χ1v) is 12.7. The van der Waals surface area contributed by atoms with Crippen LogP contribution < -0.4 is 4.74 Å². The third kappa shape index (κ3) is 6.79. The first kappa shape index (κ1) is 25.6. The maximum absolute atomic E-state index is 13.8. The largest absolute Gasteiger partial charge is 0.455 e. The van der Waals surface area contributed by atoms with Gasteiger partial charge in [0, 0.05) is 23.9 Å². The van der Waals surface area contributed by atoms with Crippen molar-refractivity contribution in [3.05, 3.63) is 112 Å². The van der Waals surface area contributed by atoms with Crippen LogP contribution in [0.25, 0.3) is 11.3 Å². The lowest BCUT2D eigenvalue weighted by Gasteiger charge is -2.15. The number of benzene rings is 2. The van der Waals surface area contributed by atoms with Crippen LogP contribution in [0.2, 0.25) is 5.02 Å². The zero-order chi connectivity index (χ0) is 25.3. The molecule has 2 heterocycles. The fraction of sp³-hybridized carbons (Fsp3) is 0.226. The maximum Gasteiger partial charge on any atom is 0.145 e. The fourth-order valence-corrected chi connectivity index (χ4v) is 4.14. The molecule has 0 radical (unpaired) electrons. The van der Waals surface area contributed by atoms with E-state index < -0.39 is 5.82 Å². The highest BCUT2D eigenvalue weighted by molar-refractivity contribution is 6.30. The van der Waals surface area contributed by atoms with Gasteiger partial charge in [0.25, 0.3) is 0 Å². The molecular formula is C31H30ClFN2O. The van der Waals surface area contributed by atoms with Gasteiger partial charge in [0.1, 0.15) is 17.3 Å². The SMILES string of the molecule is CCCCC=CC=C(Cc1ccc(F)c(Cl)c1)c1ccc2c(c1)C(Oc1ccc(C)nc1)=CCC=N2. The monoisotopic (exact) mass is 500 g/mol. The van der Waals surface area contributed by atoms with Gasteiger partial charge >= 0.3 is 0 Å².